The average Bonchev–Trinajstić information content (AvgIpc) is 2.41. The first-order valence-electron chi connectivity index (χ1n) is 6.32. The number of nitrogens with zero attached hydrogens (tertiary/aromatic N) is 2. The van der Waals surface area contributed by atoms with E-state index in [1.54, 1.807) is 24.0 Å². The summed E-state index contributed by atoms with van der Waals surface area (Å²) in [6, 6.07) is 4.86. The van der Waals surface area contributed by atoms with E-state index in [4.69, 9.17) is 5.21 Å². The molecule has 1 aromatic rings. The van der Waals surface area contributed by atoms with Gasteiger partial charge in [-0.3, -0.25) is 4.79 Å². The molecule has 1 heterocycles. The largest absolute Gasteiger partial charge is 0.508 e. The van der Waals surface area contributed by atoms with E-state index in [0.717, 1.165) is 5.71 Å². The summed E-state index contributed by atoms with van der Waals surface area (Å²) >= 11 is 0. The van der Waals surface area contributed by atoms with Gasteiger partial charge in [0.25, 0.3) is 5.91 Å². The van der Waals surface area contributed by atoms with E-state index in [1.807, 2.05) is 6.92 Å². The van der Waals surface area contributed by atoms with Crippen molar-refractivity contribution in [1.82, 2.24) is 4.90 Å². The maximum absolute atomic E-state index is 12.3. The molecule has 1 atom stereocenters. The number of likely N-dealkylation sites (tertiary alicyclic amines) is 1. The van der Waals surface area contributed by atoms with Crippen LogP contribution in [0, 0.1) is 12.8 Å². The van der Waals surface area contributed by atoms with E-state index in [0.29, 0.717) is 30.6 Å². The van der Waals surface area contributed by atoms with Crippen molar-refractivity contribution in [3.05, 3.63) is 29.3 Å². The molecule has 0 aliphatic carbocycles. The molecule has 0 saturated carbocycles. The number of benzene rings is 1. The van der Waals surface area contributed by atoms with Gasteiger partial charge in [-0.1, -0.05) is 12.1 Å². The highest BCUT2D eigenvalue weighted by atomic mass is 16.4. The first-order valence-corrected chi connectivity index (χ1v) is 6.32. The number of oxime groups is 1. The second-order valence-electron chi connectivity index (χ2n) is 4.99. The maximum Gasteiger partial charge on any atom is 0.253 e. The number of aryl methyl sites for hydroxylation is 1. The van der Waals surface area contributed by atoms with E-state index in [1.165, 1.54) is 6.07 Å². The summed E-state index contributed by atoms with van der Waals surface area (Å²) in [4.78, 5) is 14.1. The molecule has 0 radical (unpaired) electrons. The number of carbonyl (C=O) groups is 1. The van der Waals surface area contributed by atoms with Gasteiger partial charge in [-0.2, -0.15) is 0 Å². The quantitative estimate of drug-likeness (QED) is 0.600. The number of carbonyl (C=O) groups excluding carboxylic acids is 1. The third-order valence-corrected chi connectivity index (χ3v) is 3.56. The zero-order valence-corrected chi connectivity index (χ0v) is 11.1. The molecule has 1 aromatic carbocycles. The molecule has 2 rings (SSSR count). The minimum atomic E-state index is -0.0491. The average molecular weight is 262 g/mol. The fourth-order valence-electron chi connectivity index (χ4n) is 2.33. The normalized spacial score (nSPS) is 21.7. The predicted octanol–water partition coefficient (Wildman–Crippen LogP) is 2.01. The number of phenols is 1. The van der Waals surface area contributed by atoms with Crippen molar-refractivity contribution in [2.45, 2.75) is 20.3 Å². The molecule has 0 spiro atoms. The summed E-state index contributed by atoms with van der Waals surface area (Å²) in [5.41, 5.74) is 2.01. The van der Waals surface area contributed by atoms with Crippen LogP contribution in [0.25, 0.3) is 0 Å². The van der Waals surface area contributed by atoms with Crippen molar-refractivity contribution in [3.8, 4) is 5.75 Å². The molecule has 0 aromatic heterocycles. The first kappa shape index (κ1) is 13.4. The Bertz CT molecular complexity index is 525. The monoisotopic (exact) mass is 262 g/mol. The number of amides is 1. The van der Waals surface area contributed by atoms with Gasteiger partial charge >= 0.3 is 0 Å². The van der Waals surface area contributed by atoms with Crippen molar-refractivity contribution < 1.29 is 15.1 Å². The Balaban J connectivity index is 2.14. The Hall–Kier alpha value is -2.04. The lowest BCUT2D eigenvalue weighted by atomic mass is 9.97. The second-order valence-corrected chi connectivity index (χ2v) is 4.99. The van der Waals surface area contributed by atoms with Gasteiger partial charge in [0.05, 0.1) is 5.71 Å². The molecule has 1 unspecified atom stereocenters. The van der Waals surface area contributed by atoms with Crippen LogP contribution in [0.5, 0.6) is 5.75 Å². The Kier molecular flexibility index (Phi) is 3.74. The summed E-state index contributed by atoms with van der Waals surface area (Å²) in [6.07, 6.45) is 0.598. The number of aromatic hydroxyl groups is 1. The van der Waals surface area contributed by atoms with Crippen LogP contribution < -0.4 is 0 Å². The predicted molar refractivity (Wildman–Crippen MR) is 71.7 cm³/mol. The third kappa shape index (κ3) is 2.70. The van der Waals surface area contributed by atoms with Crippen LogP contribution in [-0.4, -0.2) is 39.9 Å². The van der Waals surface area contributed by atoms with E-state index in [9.17, 15) is 9.90 Å². The van der Waals surface area contributed by atoms with Gasteiger partial charge in [-0.25, -0.2) is 0 Å². The summed E-state index contributed by atoms with van der Waals surface area (Å²) in [5, 5.41) is 21.6. The fraction of sp³-hybridized carbons (Fsp3) is 0.429. The number of phenolic OH excluding ortho intramolecular Hbond substituents is 1. The highest BCUT2D eigenvalue weighted by Crippen LogP contribution is 2.20. The van der Waals surface area contributed by atoms with E-state index in [2.05, 4.69) is 5.16 Å². The van der Waals surface area contributed by atoms with Gasteiger partial charge in [0.1, 0.15) is 5.75 Å². The molecule has 19 heavy (non-hydrogen) atoms. The zero-order chi connectivity index (χ0) is 14.0. The van der Waals surface area contributed by atoms with Gasteiger partial charge in [0.15, 0.2) is 0 Å². The minimum Gasteiger partial charge on any atom is -0.508 e. The fourth-order valence-corrected chi connectivity index (χ4v) is 2.33. The maximum atomic E-state index is 12.3. The highest BCUT2D eigenvalue weighted by Gasteiger charge is 2.26. The molecule has 0 bridgehead atoms. The standard InChI is InChI=1S/C14H18N2O3/c1-9-7-11(3-4-13(9)17)14(18)16-6-5-12(15-19)10(2)8-16/h3-4,7,10,17,19H,5-6,8H2,1-2H3/b15-12+. The Morgan fingerprint density at radius 2 is 2.21 bits per heavy atom. The smallest absolute Gasteiger partial charge is 0.253 e. The van der Waals surface area contributed by atoms with Crippen LogP contribution >= 0.6 is 0 Å². The van der Waals surface area contributed by atoms with Crippen LogP contribution in [0.15, 0.2) is 23.4 Å². The first-order chi connectivity index (χ1) is 9.02. The van der Waals surface area contributed by atoms with Crippen molar-refractivity contribution in [2.75, 3.05) is 13.1 Å². The van der Waals surface area contributed by atoms with Gasteiger partial charge in [0.2, 0.25) is 0 Å². The second kappa shape index (κ2) is 5.30. The van der Waals surface area contributed by atoms with E-state index in [-0.39, 0.29) is 17.6 Å². The third-order valence-electron chi connectivity index (χ3n) is 3.56. The number of hydrogen-bond donors (Lipinski definition) is 2. The number of rotatable bonds is 1. The molecule has 5 nitrogen and oxygen atoms in total. The zero-order valence-electron chi connectivity index (χ0n) is 11.1. The summed E-state index contributed by atoms with van der Waals surface area (Å²) in [5.74, 6) is 0.214. The van der Waals surface area contributed by atoms with Gasteiger partial charge in [-0.05, 0) is 30.7 Å². The van der Waals surface area contributed by atoms with Crippen LogP contribution in [0.2, 0.25) is 0 Å². The van der Waals surface area contributed by atoms with Crippen molar-refractivity contribution in [1.29, 1.82) is 0 Å². The van der Waals surface area contributed by atoms with E-state index >= 15 is 0 Å². The minimum absolute atomic E-state index is 0.0491. The summed E-state index contributed by atoms with van der Waals surface area (Å²) in [7, 11) is 0. The van der Waals surface area contributed by atoms with Crippen LogP contribution in [-0.2, 0) is 0 Å². The number of hydrogen-bond acceptors (Lipinski definition) is 4. The van der Waals surface area contributed by atoms with E-state index < -0.39 is 0 Å². The lowest BCUT2D eigenvalue weighted by Gasteiger charge is -2.31. The van der Waals surface area contributed by atoms with Gasteiger partial charge in [-0.15, -0.1) is 0 Å². The Morgan fingerprint density at radius 1 is 1.47 bits per heavy atom. The van der Waals surface area contributed by atoms with Gasteiger partial charge in [0, 0.05) is 31.0 Å². The highest BCUT2D eigenvalue weighted by molar-refractivity contribution is 5.96. The van der Waals surface area contributed by atoms with Gasteiger partial charge < -0.3 is 15.2 Å². The van der Waals surface area contributed by atoms with Crippen LogP contribution in [0.1, 0.15) is 29.3 Å². The topological polar surface area (TPSA) is 73.1 Å². The van der Waals surface area contributed by atoms with Crippen LogP contribution in [0.4, 0.5) is 0 Å². The lowest BCUT2D eigenvalue weighted by molar-refractivity contribution is 0.0734. The molecule has 2 N–H and O–H groups in total. The molecule has 1 aliphatic rings. The molecule has 1 amide bonds. The Morgan fingerprint density at radius 3 is 2.79 bits per heavy atom. The lowest BCUT2D eigenvalue weighted by Crippen LogP contribution is -2.43. The molecule has 1 saturated heterocycles. The molecular formula is C14H18N2O3. The van der Waals surface area contributed by atoms with Crippen LogP contribution in [0.3, 0.4) is 0 Å². The Labute approximate surface area is 112 Å². The summed E-state index contributed by atoms with van der Waals surface area (Å²) in [6.45, 7) is 4.82. The molecule has 1 fully saturated rings. The molecule has 5 heteroatoms. The SMILES string of the molecule is Cc1cc(C(=O)N2CC/C(=N\O)C(C)C2)ccc1O. The number of piperidine rings is 1. The van der Waals surface area contributed by atoms with Crippen molar-refractivity contribution >= 4 is 11.6 Å². The summed E-state index contributed by atoms with van der Waals surface area (Å²) < 4.78 is 0. The molecule has 102 valence electrons. The van der Waals surface area contributed by atoms with Crippen molar-refractivity contribution in [2.24, 2.45) is 11.1 Å². The molecular weight excluding hydrogens is 244 g/mol. The molecule has 1 aliphatic heterocycles. The van der Waals surface area contributed by atoms with Crippen molar-refractivity contribution in [3.63, 3.8) is 0 Å².